The Hall–Kier alpha value is -1.27. The molecule has 2 aliphatic rings. The molecule has 0 radical (unpaired) electrons. The molecular weight excluding hydrogens is 263 g/mol. The maximum absolute atomic E-state index is 12.4. The molecule has 1 aliphatic heterocycles. The van der Waals surface area contributed by atoms with Gasteiger partial charge in [-0.3, -0.25) is 9.59 Å². The Morgan fingerprint density at radius 3 is 2.58 bits per heavy atom. The van der Waals surface area contributed by atoms with Gasteiger partial charge in [-0.1, -0.05) is 0 Å². The van der Waals surface area contributed by atoms with Crippen molar-refractivity contribution in [1.82, 2.24) is 4.90 Å². The SMILES string of the molecule is O=C(O)CC1CCC2(CCN(C(=O)C(F)(F)F)C2)C1. The molecule has 4 nitrogen and oxygen atoms in total. The molecule has 1 amide bonds. The van der Waals surface area contributed by atoms with Gasteiger partial charge in [0, 0.05) is 19.5 Å². The predicted molar refractivity (Wildman–Crippen MR) is 59.3 cm³/mol. The van der Waals surface area contributed by atoms with Gasteiger partial charge in [0.05, 0.1) is 0 Å². The fourth-order valence-electron chi connectivity index (χ4n) is 3.41. The van der Waals surface area contributed by atoms with Crippen molar-refractivity contribution in [3.05, 3.63) is 0 Å². The van der Waals surface area contributed by atoms with Crippen LogP contribution in [0.1, 0.15) is 32.1 Å². The molecule has 0 bridgehead atoms. The summed E-state index contributed by atoms with van der Waals surface area (Å²) in [6.45, 7) is 0.236. The zero-order valence-electron chi connectivity index (χ0n) is 10.4. The van der Waals surface area contributed by atoms with Crippen LogP contribution in [0.2, 0.25) is 0 Å². The summed E-state index contributed by atoms with van der Waals surface area (Å²) in [4.78, 5) is 22.7. The number of alkyl halides is 3. The average Bonchev–Trinajstić information content (AvgIpc) is 2.84. The second kappa shape index (κ2) is 4.68. The van der Waals surface area contributed by atoms with Crippen LogP contribution in [0, 0.1) is 11.3 Å². The van der Waals surface area contributed by atoms with Crippen LogP contribution in [-0.4, -0.2) is 41.1 Å². The molecule has 2 fully saturated rings. The average molecular weight is 279 g/mol. The second-order valence-corrected chi connectivity index (χ2v) is 5.68. The smallest absolute Gasteiger partial charge is 0.471 e. The molecule has 108 valence electrons. The first kappa shape index (κ1) is 14.1. The Morgan fingerprint density at radius 2 is 2.00 bits per heavy atom. The van der Waals surface area contributed by atoms with E-state index in [1.54, 1.807) is 0 Å². The fourth-order valence-corrected chi connectivity index (χ4v) is 3.41. The predicted octanol–water partition coefficient (Wildman–Crippen LogP) is 2.04. The van der Waals surface area contributed by atoms with Crippen molar-refractivity contribution >= 4 is 11.9 Å². The summed E-state index contributed by atoms with van der Waals surface area (Å²) >= 11 is 0. The normalized spacial score (nSPS) is 31.1. The van der Waals surface area contributed by atoms with E-state index in [1.807, 2.05) is 0 Å². The van der Waals surface area contributed by atoms with Crippen LogP contribution in [0.25, 0.3) is 0 Å². The topological polar surface area (TPSA) is 57.6 Å². The van der Waals surface area contributed by atoms with Crippen molar-refractivity contribution in [2.75, 3.05) is 13.1 Å². The van der Waals surface area contributed by atoms with Crippen molar-refractivity contribution < 1.29 is 27.9 Å². The van der Waals surface area contributed by atoms with E-state index in [4.69, 9.17) is 5.11 Å². The standard InChI is InChI=1S/C12H16F3NO3/c13-12(14,15)10(19)16-4-3-11(7-16)2-1-8(6-11)5-9(17)18/h8H,1-7H2,(H,17,18). The van der Waals surface area contributed by atoms with Crippen LogP contribution >= 0.6 is 0 Å². The minimum absolute atomic E-state index is 0.0263. The molecule has 0 aromatic heterocycles. The van der Waals surface area contributed by atoms with Gasteiger partial charge >= 0.3 is 18.1 Å². The van der Waals surface area contributed by atoms with Gasteiger partial charge in [-0.25, -0.2) is 0 Å². The number of likely N-dealkylation sites (tertiary alicyclic amines) is 1. The largest absolute Gasteiger partial charge is 0.481 e. The lowest BCUT2D eigenvalue weighted by atomic mass is 9.84. The highest BCUT2D eigenvalue weighted by molar-refractivity contribution is 5.82. The lowest BCUT2D eigenvalue weighted by Gasteiger charge is -2.24. The summed E-state index contributed by atoms with van der Waals surface area (Å²) in [5.74, 6) is -2.62. The first-order valence-electron chi connectivity index (χ1n) is 6.30. The van der Waals surface area contributed by atoms with Gasteiger partial charge < -0.3 is 10.0 Å². The third-order valence-corrected chi connectivity index (χ3v) is 4.24. The molecule has 1 spiro atoms. The Kier molecular flexibility index (Phi) is 3.49. The van der Waals surface area contributed by atoms with Gasteiger partial charge in [-0.2, -0.15) is 13.2 Å². The summed E-state index contributed by atoms with van der Waals surface area (Å²) in [6, 6.07) is 0. The number of carbonyl (C=O) groups excluding carboxylic acids is 1. The summed E-state index contributed by atoms with van der Waals surface area (Å²) < 4.78 is 37.1. The molecule has 1 saturated heterocycles. The summed E-state index contributed by atoms with van der Waals surface area (Å²) in [5, 5.41) is 8.74. The number of nitrogens with zero attached hydrogens (tertiary/aromatic N) is 1. The van der Waals surface area contributed by atoms with Gasteiger partial charge in [0.15, 0.2) is 0 Å². The number of hydrogen-bond donors (Lipinski definition) is 1. The Labute approximate surface area is 108 Å². The van der Waals surface area contributed by atoms with Gasteiger partial charge in [0.1, 0.15) is 0 Å². The van der Waals surface area contributed by atoms with Crippen LogP contribution < -0.4 is 0 Å². The van der Waals surface area contributed by atoms with Crippen molar-refractivity contribution in [1.29, 1.82) is 0 Å². The number of carboxylic acids is 1. The molecule has 1 saturated carbocycles. The third kappa shape index (κ3) is 3.01. The minimum atomic E-state index is -4.81. The number of hydrogen-bond acceptors (Lipinski definition) is 2. The van der Waals surface area contributed by atoms with Crippen molar-refractivity contribution in [2.45, 2.75) is 38.3 Å². The number of carbonyl (C=O) groups is 2. The molecule has 2 rings (SSSR count). The Morgan fingerprint density at radius 1 is 1.32 bits per heavy atom. The minimum Gasteiger partial charge on any atom is -0.481 e. The zero-order chi connectivity index (χ0) is 14.3. The van der Waals surface area contributed by atoms with E-state index >= 15 is 0 Å². The van der Waals surface area contributed by atoms with E-state index in [0.717, 1.165) is 11.3 Å². The molecule has 2 atom stereocenters. The van der Waals surface area contributed by atoms with E-state index in [-0.39, 0.29) is 30.8 Å². The van der Waals surface area contributed by atoms with Crippen LogP contribution in [-0.2, 0) is 9.59 Å². The van der Waals surface area contributed by atoms with Crippen molar-refractivity contribution in [3.8, 4) is 0 Å². The Bertz CT molecular complexity index is 396. The maximum atomic E-state index is 12.4. The molecule has 7 heteroatoms. The number of rotatable bonds is 2. The molecule has 0 aromatic carbocycles. The molecule has 19 heavy (non-hydrogen) atoms. The summed E-state index contributed by atoms with van der Waals surface area (Å²) in [6.07, 6.45) is -2.15. The number of halogens is 3. The highest BCUT2D eigenvalue weighted by Gasteiger charge is 2.50. The molecule has 1 N–H and O–H groups in total. The fraction of sp³-hybridized carbons (Fsp3) is 0.833. The highest BCUT2D eigenvalue weighted by Crippen LogP contribution is 2.49. The van der Waals surface area contributed by atoms with Crippen LogP contribution in [0.15, 0.2) is 0 Å². The Balaban J connectivity index is 1.95. The van der Waals surface area contributed by atoms with E-state index in [2.05, 4.69) is 0 Å². The van der Waals surface area contributed by atoms with Crippen molar-refractivity contribution in [3.63, 3.8) is 0 Å². The summed E-state index contributed by atoms with van der Waals surface area (Å²) in [5.41, 5.74) is -0.291. The number of aliphatic carboxylic acids is 1. The van der Waals surface area contributed by atoms with Crippen LogP contribution in [0.4, 0.5) is 13.2 Å². The molecular formula is C12H16F3NO3. The molecule has 1 aliphatic carbocycles. The molecule has 0 aromatic rings. The number of carboxylic acid groups (broad SMARTS) is 1. The van der Waals surface area contributed by atoms with Gasteiger partial charge in [-0.05, 0) is 37.0 Å². The quantitative estimate of drug-likeness (QED) is 0.841. The third-order valence-electron chi connectivity index (χ3n) is 4.24. The van der Waals surface area contributed by atoms with E-state index in [1.165, 1.54) is 0 Å². The lowest BCUT2D eigenvalue weighted by molar-refractivity contribution is -0.184. The van der Waals surface area contributed by atoms with Gasteiger partial charge in [0.25, 0.3) is 0 Å². The number of amides is 1. The maximum Gasteiger partial charge on any atom is 0.471 e. The first-order chi connectivity index (χ1) is 8.72. The van der Waals surface area contributed by atoms with Crippen LogP contribution in [0.3, 0.4) is 0 Å². The van der Waals surface area contributed by atoms with Crippen LogP contribution in [0.5, 0.6) is 0 Å². The van der Waals surface area contributed by atoms with Gasteiger partial charge in [-0.15, -0.1) is 0 Å². The monoisotopic (exact) mass is 279 g/mol. The lowest BCUT2D eigenvalue weighted by Crippen LogP contribution is -2.40. The van der Waals surface area contributed by atoms with E-state index < -0.39 is 18.1 Å². The molecule has 1 heterocycles. The second-order valence-electron chi connectivity index (χ2n) is 5.68. The first-order valence-corrected chi connectivity index (χ1v) is 6.30. The summed E-state index contributed by atoms with van der Waals surface area (Å²) in [7, 11) is 0. The molecule has 2 unspecified atom stereocenters. The van der Waals surface area contributed by atoms with E-state index in [9.17, 15) is 22.8 Å². The highest BCUT2D eigenvalue weighted by atomic mass is 19.4. The van der Waals surface area contributed by atoms with Gasteiger partial charge in [0.2, 0.25) is 0 Å². The zero-order valence-corrected chi connectivity index (χ0v) is 10.4. The van der Waals surface area contributed by atoms with E-state index in [0.29, 0.717) is 19.3 Å². The van der Waals surface area contributed by atoms with Crippen molar-refractivity contribution in [2.24, 2.45) is 11.3 Å².